The van der Waals surface area contributed by atoms with Crippen molar-refractivity contribution in [2.24, 2.45) is 0 Å². The van der Waals surface area contributed by atoms with Crippen LogP contribution in [-0.4, -0.2) is 46.6 Å². The Balaban J connectivity index is 1.64. The number of amides is 2. The molecule has 1 aromatic carbocycles. The zero-order chi connectivity index (χ0) is 17.7. The maximum Gasteiger partial charge on any atom is 0.254 e. The molecule has 0 spiro atoms. The van der Waals surface area contributed by atoms with Crippen molar-refractivity contribution >= 4 is 11.8 Å². The third kappa shape index (κ3) is 4.40. The highest BCUT2D eigenvalue weighted by Crippen LogP contribution is 2.27. The van der Waals surface area contributed by atoms with E-state index in [0.29, 0.717) is 18.5 Å². The fourth-order valence-electron chi connectivity index (χ4n) is 3.95. The van der Waals surface area contributed by atoms with E-state index in [1.165, 1.54) is 0 Å². The SMILES string of the molecule is O=C(NCC1(O)CCCCC1)C1CCCCN1C(=O)c1ccccc1. The van der Waals surface area contributed by atoms with Gasteiger partial charge in [0.25, 0.3) is 5.91 Å². The quantitative estimate of drug-likeness (QED) is 0.882. The highest BCUT2D eigenvalue weighted by Gasteiger charge is 2.35. The Morgan fingerprint density at radius 2 is 1.80 bits per heavy atom. The van der Waals surface area contributed by atoms with E-state index in [1.807, 2.05) is 18.2 Å². The maximum absolute atomic E-state index is 12.8. The predicted molar refractivity (Wildman–Crippen MR) is 96.2 cm³/mol. The second kappa shape index (κ2) is 8.00. The van der Waals surface area contributed by atoms with Crippen molar-refractivity contribution in [3.8, 4) is 0 Å². The maximum atomic E-state index is 12.8. The predicted octanol–water partition coefficient (Wildman–Crippen LogP) is 2.49. The number of piperidine rings is 1. The zero-order valence-electron chi connectivity index (χ0n) is 14.7. The molecule has 2 N–H and O–H groups in total. The molecule has 1 aliphatic carbocycles. The van der Waals surface area contributed by atoms with Crippen LogP contribution in [0.3, 0.4) is 0 Å². The fraction of sp³-hybridized carbons (Fsp3) is 0.600. The molecule has 0 radical (unpaired) electrons. The molecule has 25 heavy (non-hydrogen) atoms. The van der Waals surface area contributed by atoms with Crippen LogP contribution in [0.25, 0.3) is 0 Å². The Labute approximate surface area is 149 Å². The standard InChI is InChI=1S/C20H28N2O3/c23-18(21-15-20(25)12-6-2-7-13-20)17-11-5-8-14-22(17)19(24)16-9-3-1-4-10-16/h1,3-4,9-10,17,25H,2,5-8,11-15H2,(H,21,23). The van der Waals surface area contributed by atoms with Gasteiger partial charge in [0.05, 0.1) is 5.60 Å². The number of benzene rings is 1. The van der Waals surface area contributed by atoms with Crippen LogP contribution in [-0.2, 0) is 4.79 Å². The second-order valence-electron chi connectivity index (χ2n) is 7.38. The molecule has 0 bridgehead atoms. The molecule has 2 fully saturated rings. The van der Waals surface area contributed by atoms with Gasteiger partial charge in [0.15, 0.2) is 0 Å². The Bertz CT molecular complexity index is 596. The minimum absolute atomic E-state index is 0.0863. The normalized spacial score (nSPS) is 23.1. The van der Waals surface area contributed by atoms with Gasteiger partial charge in [0.2, 0.25) is 5.91 Å². The van der Waals surface area contributed by atoms with E-state index in [1.54, 1.807) is 17.0 Å². The molecule has 1 unspecified atom stereocenters. The van der Waals surface area contributed by atoms with E-state index >= 15 is 0 Å². The number of likely N-dealkylation sites (tertiary alicyclic amines) is 1. The van der Waals surface area contributed by atoms with Crippen LogP contribution in [0.5, 0.6) is 0 Å². The number of nitrogens with zero attached hydrogens (tertiary/aromatic N) is 1. The average molecular weight is 344 g/mol. The Hall–Kier alpha value is -1.88. The third-order valence-corrected chi connectivity index (χ3v) is 5.46. The number of nitrogens with one attached hydrogen (secondary N) is 1. The molecule has 136 valence electrons. The Morgan fingerprint density at radius 1 is 1.08 bits per heavy atom. The summed E-state index contributed by atoms with van der Waals surface area (Å²) in [7, 11) is 0. The highest BCUT2D eigenvalue weighted by atomic mass is 16.3. The van der Waals surface area contributed by atoms with Gasteiger partial charge >= 0.3 is 0 Å². The van der Waals surface area contributed by atoms with Crippen LogP contribution in [0.15, 0.2) is 30.3 Å². The smallest absolute Gasteiger partial charge is 0.254 e. The summed E-state index contributed by atoms with van der Waals surface area (Å²) < 4.78 is 0. The largest absolute Gasteiger partial charge is 0.388 e. The van der Waals surface area contributed by atoms with E-state index in [2.05, 4.69) is 5.32 Å². The average Bonchev–Trinajstić information content (AvgIpc) is 2.67. The molecule has 1 saturated carbocycles. The van der Waals surface area contributed by atoms with Crippen molar-refractivity contribution < 1.29 is 14.7 Å². The fourth-order valence-corrected chi connectivity index (χ4v) is 3.95. The van der Waals surface area contributed by atoms with Crippen molar-refractivity contribution in [2.75, 3.05) is 13.1 Å². The summed E-state index contributed by atoms with van der Waals surface area (Å²) in [5.74, 6) is -0.222. The highest BCUT2D eigenvalue weighted by molar-refractivity contribution is 5.97. The minimum atomic E-state index is -0.781. The van der Waals surface area contributed by atoms with Crippen molar-refractivity contribution in [1.82, 2.24) is 10.2 Å². The van der Waals surface area contributed by atoms with Gasteiger partial charge in [-0.15, -0.1) is 0 Å². The molecule has 1 atom stereocenters. The monoisotopic (exact) mass is 344 g/mol. The number of hydrogen-bond acceptors (Lipinski definition) is 3. The van der Waals surface area contributed by atoms with Crippen LogP contribution >= 0.6 is 0 Å². The van der Waals surface area contributed by atoms with E-state index in [9.17, 15) is 14.7 Å². The molecule has 3 rings (SSSR count). The third-order valence-electron chi connectivity index (χ3n) is 5.46. The first-order chi connectivity index (χ1) is 12.1. The van der Waals surface area contributed by atoms with Crippen molar-refractivity contribution in [1.29, 1.82) is 0 Å². The van der Waals surface area contributed by atoms with Crippen molar-refractivity contribution in [3.05, 3.63) is 35.9 Å². The first kappa shape index (κ1) is 17.9. The first-order valence-electron chi connectivity index (χ1n) is 9.45. The van der Waals surface area contributed by atoms with Gasteiger partial charge in [0, 0.05) is 18.7 Å². The van der Waals surface area contributed by atoms with Gasteiger partial charge in [-0.3, -0.25) is 9.59 Å². The number of aliphatic hydroxyl groups is 1. The lowest BCUT2D eigenvalue weighted by atomic mass is 9.85. The summed E-state index contributed by atoms with van der Waals surface area (Å²) >= 11 is 0. The Kier molecular flexibility index (Phi) is 5.74. The number of carbonyl (C=O) groups excluding carboxylic acids is 2. The molecule has 2 amide bonds. The second-order valence-corrected chi connectivity index (χ2v) is 7.38. The van der Waals surface area contributed by atoms with Gasteiger partial charge in [0.1, 0.15) is 6.04 Å². The van der Waals surface area contributed by atoms with Gasteiger partial charge in [-0.1, -0.05) is 37.5 Å². The van der Waals surface area contributed by atoms with Crippen molar-refractivity contribution in [2.45, 2.75) is 63.0 Å². The molecule has 2 aliphatic rings. The van der Waals surface area contributed by atoms with E-state index < -0.39 is 11.6 Å². The van der Waals surface area contributed by atoms with Gasteiger partial charge in [-0.2, -0.15) is 0 Å². The van der Waals surface area contributed by atoms with Crippen LogP contribution in [0, 0.1) is 0 Å². The summed E-state index contributed by atoms with van der Waals surface area (Å²) in [5, 5.41) is 13.5. The lowest BCUT2D eigenvalue weighted by Gasteiger charge is -2.36. The lowest BCUT2D eigenvalue weighted by molar-refractivity contribution is -0.128. The summed E-state index contributed by atoms with van der Waals surface area (Å²) in [5.41, 5.74) is -0.162. The van der Waals surface area contributed by atoms with Crippen LogP contribution < -0.4 is 5.32 Å². The molecule has 1 heterocycles. The summed E-state index contributed by atoms with van der Waals surface area (Å²) in [6.45, 7) is 0.895. The summed E-state index contributed by atoms with van der Waals surface area (Å²) in [6, 6.07) is 8.69. The van der Waals surface area contributed by atoms with Crippen LogP contribution in [0.2, 0.25) is 0 Å². The molecule has 1 aliphatic heterocycles. The molecular weight excluding hydrogens is 316 g/mol. The van der Waals surface area contributed by atoms with E-state index in [-0.39, 0.29) is 18.4 Å². The van der Waals surface area contributed by atoms with Gasteiger partial charge < -0.3 is 15.3 Å². The molecular formula is C20H28N2O3. The molecule has 5 nitrogen and oxygen atoms in total. The number of hydrogen-bond donors (Lipinski definition) is 2. The molecule has 5 heteroatoms. The van der Waals surface area contributed by atoms with Gasteiger partial charge in [-0.25, -0.2) is 0 Å². The number of rotatable bonds is 4. The summed E-state index contributed by atoms with van der Waals surface area (Å²) in [6.07, 6.45) is 7.20. The van der Waals surface area contributed by atoms with E-state index in [0.717, 1.165) is 44.9 Å². The Morgan fingerprint density at radius 3 is 2.52 bits per heavy atom. The molecule has 1 aromatic rings. The topological polar surface area (TPSA) is 69.6 Å². The first-order valence-corrected chi connectivity index (χ1v) is 9.45. The molecule has 0 aromatic heterocycles. The zero-order valence-corrected chi connectivity index (χ0v) is 14.7. The van der Waals surface area contributed by atoms with Crippen LogP contribution in [0.1, 0.15) is 61.7 Å². The van der Waals surface area contributed by atoms with Crippen LogP contribution in [0.4, 0.5) is 0 Å². The number of carbonyl (C=O) groups is 2. The lowest BCUT2D eigenvalue weighted by Crippen LogP contribution is -2.54. The minimum Gasteiger partial charge on any atom is -0.388 e. The van der Waals surface area contributed by atoms with Gasteiger partial charge in [-0.05, 0) is 44.2 Å². The summed E-state index contributed by atoms with van der Waals surface area (Å²) in [4.78, 5) is 27.2. The van der Waals surface area contributed by atoms with Crippen molar-refractivity contribution in [3.63, 3.8) is 0 Å². The molecule has 1 saturated heterocycles. The van der Waals surface area contributed by atoms with E-state index in [4.69, 9.17) is 0 Å².